The van der Waals surface area contributed by atoms with E-state index in [1.807, 2.05) is 23.1 Å². The van der Waals surface area contributed by atoms with Gasteiger partial charge in [0.1, 0.15) is 12.9 Å². The van der Waals surface area contributed by atoms with Gasteiger partial charge in [-0.25, -0.2) is 4.98 Å². The number of hydrogen-bond donors (Lipinski definition) is 1. The summed E-state index contributed by atoms with van der Waals surface area (Å²) in [5.74, 6) is 1.05. The second-order valence-corrected chi connectivity index (χ2v) is 8.85. The molecule has 176 valence electrons. The van der Waals surface area contributed by atoms with Gasteiger partial charge in [-0.1, -0.05) is 5.16 Å². The molecule has 0 radical (unpaired) electrons. The van der Waals surface area contributed by atoms with E-state index >= 15 is 0 Å². The fraction of sp³-hybridized carbons (Fsp3) is 0.500. The minimum absolute atomic E-state index is 0.0842. The van der Waals surface area contributed by atoms with Crippen LogP contribution in [-0.4, -0.2) is 59.7 Å². The predicted molar refractivity (Wildman–Crippen MR) is 125 cm³/mol. The Labute approximate surface area is 194 Å². The average molecular weight is 453 g/mol. The number of hydrogen-bond acceptors (Lipinski definition) is 7. The van der Waals surface area contributed by atoms with Crippen LogP contribution >= 0.6 is 0 Å². The molecule has 0 unspecified atom stereocenters. The molecular formula is C24H32N6O3. The van der Waals surface area contributed by atoms with E-state index in [1.165, 1.54) is 19.5 Å². The van der Waals surface area contributed by atoms with Gasteiger partial charge in [0.15, 0.2) is 12.4 Å². The number of pyridine rings is 2. The Morgan fingerprint density at radius 1 is 1.21 bits per heavy atom. The highest BCUT2D eigenvalue weighted by Gasteiger charge is 2.33. The lowest BCUT2D eigenvalue weighted by atomic mass is 9.87. The quantitative estimate of drug-likeness (QED) is 0.310. The third-order valence-electron chi connectivity index (χ3n) is 6.64. The molecule has 2 saturated heterocycles. The second-order valence-electron chi connectivity index (χ2n) is 8.85. The Morgan fingerprint density at radius 3 is 2.61 bits per heavy atom. The number of aromatic nitrogens is 2. The van der Waals surface area contributed by atoms with E-state index in [9.17, 15) is 10.0 Å². The molecule has 2 aromatic rings. The van der Waals surface area contributed by atoms with Gasteiger partial charge in [-0.3, -0.25) is 9.69 Å². The fourth-order valence-corrected chi connectivity index (χ4v) is 4.89. The molecule has 33 heavy (non-hydrogen) atoms. The Balaban J connectivity index is 1.28. The molecule has 2 N–H and O–H groups in total. The van der Waals surface area contributed by atoms with Crippen LogP contribution in [0.25, 0.3) is 0 Å². The highest BCUT2D eigenvalue weighted by molar-refractivity contribution is 6.01. The zero-order chi connectivity index (χ0) is 23.2. The van der Waals surface area contributed by atoms with Crippen LogP contribution in [0, 0.1) is 17.0 Å². The van der Waals surface area contributed by atoms with Crippen molar-refractivity contribution < 1.29 is 14.4 Å². The van der Waals surface area contributed by atoms with Crippen molar-refractivity contribution in [2.24, 2.45) is 17.0 Å². The normalized spacial score (nSPS) is 18.9. The van der Waals surface area contributed by atoms with Crippen molar-refractivity contribution >= 4 is 17.4 Å². The number of likely N-dealkylation sites (tertiary alicyclic amines) is 2. The standard InChI is InChI=1S/C24H32N6O3/c1-33-27-23(21-3-2-10-30(32)17-21)19-7-13-29(14-8-19)24(31)20-5-11-28(12-6-20)16-18-4-9-26-22(25)15-18/h2-4,9-10,15,17,19-20H,5-8,11-14,16H2,1H3,(H2,25,26)/b27-23+. The Bertz CT molecular complexity index is 982. The number of carbonyl (C=O) groups excluding carboxylic acids is 1. The molecule has 0 spiro atoms. The molecule has 0 saturated carbocycles. The van der Waals surface area contributed by atoms with Crippen molar-refractivity contribution in [3.8, 4) is 0 Å². The maximum absolute atomic E-state index is 13.2. The van der Waals surface area contributed by atoms with Crippen LogP contribution in [0.4, 0.5) is 5.82 Å². The van der Waals surface area contributed by atoms with Gasteiger partial charge in [0.05, 0.1) is 11.3 Å². The summed E-state index contributed by atoms with van der Waals surface area (Å²) in [6, 6.07) is 7.49. The molecule has 4 rings (SSSR count). The third-order valence-corrected chi connectivity index (χ3v) is 6.64. The van der Waals surface area contributed by atoms with Crippen molar-refractivity contribution in [1.29, 1.82) is 0 Å². The molecule has 2 aliphatic heterocycles. The number of rotatable bonds is 6. The molecule has 0 aliphatic carbocycles. The van der Waals surface area contributed by atoms with E-state index in [0.717, 1.165) is 66.9 Å². The smallest absolute Gasteiger partial charge is 0.225 e. The van der Waals surface area contributed by atoms with Crippen molar-refractivity contribution in [3.63, 3.8) is 0 Å². The van der Waals surface area contributed by atoms with Crippen molar-refractivity contribution in [2.45, 2.75) is 32.2 Å². The number of nitrogens with two attached hydrogens (primary N) is 1. The Hall–Kier alpha value is -3.20. The number of anilines is 1. The van der Waals surface area contributed by atoms with Gasteiger partial charge in [0, 0.05) is 43.7 Å². The molecule has 2 aromatic heterocycles. The first-order chi connectivity index (χ1) is 16.0. The number of nitrogen functional groups attached to an aromatic ring is 1. The average Bonchev–Trinajstić information content (AvgIpc) is 2.83. The van der Waals surface area contributed by atoms with Crippen LogP contribution in [0.2, 0.25) is 0 Å². The predicted octanol–water partition coefficient (Wildman–Crippen LogP) is 1.80. The summed E-state index contributed by atoms with van der Waals surface area (Å²) in [6.07, 6.45) is 8.08. The molecule has 0 aromatic carbocycles. The number of amides is 1. The number of nitrogens with zero attached hydrogens (tertiary/aromatic N) is 5. The topological polar surface area (TPSA) is 111 Å². The van der Waals surface area contributed by atoms with Crippen LogP contribution in [0.3, 0.4) is 0 Å². The molecule has 9 heteroatoms. The van der Waals surface area contributed by atoms with E-state index in [2.05, 4.69) is 15.0 Å². The van der Waals surface area contributed by atoms with E-state index < -0.39 is 0 Å². The minimum atomic E-state index is 0.0842. The minimum Gasteiger partial charge on any atom is -0.619 e. The van der Waals surface area contributed by atoms with Crippen LogP contribution in [0.1, 0.15) is 36.8 Å². The highest BCUT2D eigenvalue weighted by atomic mass is 16.6. The highest BCUT2D eigenvalue weighted by Crippen LogP contribution is 2.27. The van der Waals surface area contributed by atoms with Gasteiger partial charge >= 0.3 is 0 Å². The molecule has 2 fully saturated rings. The van der Waals surface area contributed by atoms with Gasteiger partial charge in [-0.15, -0.1) is 0 Å². The van der Waals surface area contributed by atoms with Crippen molar-refractivity contribution in [3.05, 3.63) is 59.2 Å². The monoisotopic (exact) mass is 452 g/mol. The van der Waals surface area contributed by atoms with E-state index in [0.29, 0.717) is 18.9 Å². The second kappa shape index (κ2) is 10.6. The largest absolute Gasteiger partial charge is 0.619 e. The van der Waals surface area contributed by atoms with Crippen molar-refractivity contribution in [2.75, 3.05) is 39.0 Å². The van der Waals surface area contributed by atoms with Gasteiger partial charge in [0.2, 0.25) is 5.91 Å². The van der Waals surface area contributed by atoms with Gasteiger partial charge in [-0.2, -0.15) is 4.73 Å². The third kappa shape index (κ3) is 5.78. The van der Waals surface area contributed by atoms with E-state index in [4.69, 9.17) is 10.6 Å². The lowest BCUT2D eigenvalue weighted by Crippen LogP contribution is -2.46. The molecular weight excluding hydrogens is 420 g/mol. The number of oxime groups is 1. The summed E-state index contributed by atoms with van der Waals surface area (Å²) in [6.45, 7) is 4.05. The van der Waals surface area contributed by atoms with E-state index in [-0.39, 0.29) is 17.7 Å². The molecule has 9 nitrogen and oxygen atoms in total. The van der Waals surface area contributed by atoms with Crippen molar-refractivity contribution in [1.82, 2.24) is 14.8 Å². The lowest BCUT2D eigenvalue weighted by molar-refractivity contribution is -0.605. The van der Waals surface area contributed by atoms with Gasteiger partial charge in [-0.05, 0) is 62.5 Å². The van der Waals surface area contributed by atoms with Crippen LogP contribution < -0.4 is 10.5 Å². The molecule has 2 aliphatic rings. The summed E-state index contributed by atoms with van der Waals surface area (Å²) >= 11 is 0. The van der Waals surface area contributed by atoms with Gasteiger partial charge in [0.25, 0.3) is 0 Å². The molecule has 0 atom stereocenters. The molecule has 0 bridgehead atoms. The summed E-state index contributed by atoms with van der Waals surface area (Å²) in [5.41, 5.74) is 8.48. The summed E-state index contributed by atoms with van der Waals surface area (Å²) < 4.78 is 0.773. The van der Waals surface area contributed by atoms with E-state index in [1.54, 1.807) is 12.3 Å². The number of carbonyl (C=O) groups is 1. The zero-order valence-corrected chi connectivity index (χ0v) is 19.1. The zero-order valence-electron chi connectivity index (χ0n) is 19.1. The Kier molecular flexibility index (Phi) is 7.39. The number of piperidine rings is 2. The summed E-state index contributed by atoms with van der Waals surface area (Å²) in [4.78, 5) is 26.6. The lowest BCUT2D eigenvalue weighted by Gasteiger charge is -2.37. The first-order valence-electron chi connectivity index (χ1n) is 11.6. The maximum atomic E-state index is 13.2. The fourth-order valence-electron chi connectivity index (χ4n) is 4.89. The summed E-state index contributed by atoms with van der Waals surface area (Å²) in [5, 5.41) is 15.9. The molecule has 4 heterocycles. The Morgan fingerprint density at radius 2 is 1.94 bits per heavy atom. The van der Waals surface area contributed by atoms with Crippen LogP contribution in [0.15, 0.2) is 48.0 Å². The SMILES string of the molecule is CO/N=C(/c1ccc[n+]([O-])c1)C1CCN(C(=O)C2CCN(Cc3ccnc(N)c3)CC2)CC1. The van der Waals surface area contributed by atoms with Gasteiger partial charge < -0.3 is 20.7 Å². The molecule has 1 amide bonds. The summed E-state index contributed by atoms with van der Waals surface area (Å²) in [7, 11) is 1.52. The first-order valence-corrected chi connectivity index (χ1v) is 11.6. The first kappa shape index (κ1) is 23.0. The van der Waals surface area contributed by atoms with Crippen LogP contribution in [-0.2, 0) is 16.2 Å². The van der Waals surface area contributed by atoms with Crippen LogP contribution in [0.5, 0.6) is 0 Å². The maximum Gasteiger partial charge on any atom is 0.225 e.